The number of halogens is 2. The minimum Gasteiger partial charge on any atom is -0.465 e. The van der Waals surface area contributed by atoms with Crippen molar-refractivity contribution in [2.45, 2.75) is 12.5 Å². The number of pyridine rings is 3. The molecule has 1 amide bonds. The summed E-state index contributed by atoms with van der Waals surface area (Å²) in [5, 5.41) is 16.2. The number of hydrogen-bond acceptors (Lipinski definition) is 8. The maximum absolute atomic E-state index is 13.6. The molecule has 0 bridgehead atoms. The van der Waals surface area contributed by atoms with Gasteiger partial charge in [0, 0.05) is 41.8 Å². The minimum absolute atomic E-state index is 0.0108. The van der Waals surface area contributed by atoms with Crippen molar-refractivity contribution in [1.82, 2.24) is 24.6 Å². The van der Waals surface area contributed by atoms with Gasteiger partial charge in [0.05, 0.1) is 37.8 Å². The molecule has 0 aliphatic carbocycles. The van der Waals surface area contributed by atoms with Crippen molar-refractivity contribution in [3.8, 4) is 11.4 Å². The monoisotopic (exact) mass is 509 g/mol. The van der Waals surface area contributed by atoms with E-state index in [0.717, 1.165) is 11.3 Å². The third kappa shape index (κ3) is 4.42. The molecule has 0 saturated carbocycles. The number of rotatable bonds is 5. The summed E-state index contributed by atoms with van der Waals surface area (Å²) in [4.78, 5) is 25.7. The summed E-state index contributed by atoms with van der Waals surface area (Å²) in [7, 11) is 0. The molecule has 1 atom stereocenters. The first-order valence-electron chi connectivity index (χ1n) is 11.5. The van der Waals surface area contributed by atoms with Gasteiger partial charge in [-0.15, -0.1) is 5.10 Å². The highest BCUT2D eigenvalue weighted by Crippen LogP contribution is 2.33. The van der Waals surface area contributed by atoms with Gasteiger partial charge in [-0.1, -0.05) is 6.08 Å². The lowest BCUT2D eigenvalue weighted by molar-refractivity contribution is 0.0571. The van der Waals surface area contributed by atoms with Gasteiger partial charge in [-0.05, 0) is 23.8 Å². The first kappa shape index (κ1) is 23.2. The number of alkyl halides is 2. The fourth-order valence-corrected chi connectivity index (χ4v) is 4.59. The molecule has 13 heteroatoms. The molecule has 0 spiro atoms. The number of nitrogens with one attached hydrogen (secondary N) is 1. The summed E-state index contributed by atoms with van der Waals surface area (Å²) in [5.41, 5.74) is 2.56. The van der Waals surface area contributed by atoms with E-state index in [4.69, 9.17) is 14.6 Å². The highest BCUT2D eigenvalue weighted by atomic mass is 19.3. The summed E-state index contributed by atoms with van der Waals surface area (Å²) >= 11 is 0. The number of amides is 1. The van der Waals surface area contributed by atoms with Crippen LogP contribution in [0.2, 0.25) is 0 Å². The molecule has 4 aromatic rings. The summed E-state index contributed by atoms with van der Waals surface area (Å²) in [6.45, 7) is 3.16. The Morgan fingerprint density at radius 2 is 2.11 bits per heavy atom. The van der Waals surface area contributed by atoms with E-state index in [1.165, 1.54) is 18.5 Å². The normalized spacial score (nSPS) is 18.1. The summed E-state index contributed by atoms with van der Waals surface area (Å²) in [6, 6.07) is 5.15. The van der Waals surface area contributed by atoms with Gasteiger partial charge in [0.2, 0.25) is 0 Å². The molecular weight excluding hydrogens is 488 g/mol. The van der Waals surface area contributed by atoms with Gasteiger partial charge in [-0.25, -0.2) is 28.1 Å². The van der Waals surface area contributed by atoms with Crippen LogP contribution in [0.1, 0.15) is 12.1 Å². The maximum atomic E-state index is 13.6. The molecule has 2 aliphatic heterocycles. The quantitative estimate of drug-likeness (QED) is 0.389. The van der Waals surface area contributed by atoms with E-state index in [1.807, 2.05) is 18.3 Å². The van der Waals surface area contributed by atoms with Crippen LogP contribution in [0.15, 0.2) is 48.4 Å². The minimum atomic E-state index is -2.84. The third-order valence-electron chi connectivity index (χ3n) is 6.38. The Labute approximate surface area is 208 Å². The number of hydrogen-bond donors (Lipinski definition) is 2. The number of fused-ring (bicyclic) bond motifs is 2. The molecule has 2 aliphatic rings. The standard InChI is InChI=1S/C24H21F2N7O4/c25-22(26)21-16-8-27-19(29-24(34)35)7-15(16)17(9-28-21)23-30-20-2-1-14(10-33(20)31-23)32-4-6-37-18(11-32)13-3-5-36-12-13/h1-3,7-10,18,22H,4-6,11-12H2,(H,27,29)(H,34,35)/t18-/m1/s1. The second-order valence-corrected chi connectivity index (χ2v) is 8.63. The first-order valence-corrected chi connectivity index (χ1v) is 11.5. The van der Waals surface area contributed by atoms with Crippen molar-refractivity contribution in [3.63, 3.8) is 0 Å². The van der Waals surface area contributed by atoms with Gasteiger partial charge < -0.3 is 19.5 Å². The van der Waals surface area contributed by atoms with Crippen LogP contribution in [0.3, 0.4) is 0 Å². The topological polar surface area (TPSA) is 127 Å². The van der Waals surface area contributed by atoms with Crippen LogP contribution in [0, 0.1) is 0 Å². The van der Waals surface area contributed by atoms with Crippen molar-refractivity contribution in [1.29, 1.82) is 0 Å². The third-order valence-corrected chi connectivity index (χ3v) is 6.38. The molecule has 37 heavy (non-hydrogen) atoms. The Morgan fingerprint density at radius 3 is 2.89 bits per heavy atom. The van der Waals surface area contributed by atoms with Crippen LogP contribution < -0.4 is 10.2 Å². The molecule has 11 nitrogen and oxygen atoms in total. The van der Waals surface area contributed by atoms with Crippen LogP contribution in [-0.2, 0) is 9.47 Å². The molecule has 1 saturated heterocycles. The Hall–Kier alpha value is -4.23. The predicted molar refractivity (Wildman–Crippen MR) is 129 cm³/mol. The zero-order valence-electron chi connectivity index (χ0n) is 19.3. The van der Waals surface area contributed by atoms with E-state index in [2.05, 4.69) is 36.3 Å². The second-order valence-electron chi connectivity index (χ2n) is 8.63. The molecule has 0 radical (unpaired) electrons. The van der Waals surface area contributed by atoms with Gasteiger partial charge in [0.15, 0.2) is 11.5 Å². The van der Waals surface area contributed by atoms with Crippen molar-refractivity contribution in [2.24, 2.45) is 0 Å². The van der Waals surface area contributed by atoms with Gasteiger partial charge in [-0.2, -0.15) is 0 Å². The SMILES string of the molecule is O=C(O)Nc1cc2c(-c3nc4ccc(N5CCO[C@@H](C6=CCOC6)C5)cn4n3)cnc(C(F)F)c2cn1. The zero-order valence-corrected chi connectivity index (χ0v) is 19.3. The van der Waals surface area contributed by atoms with Crippen LogP contribution >= 0.6 is 0 Å². The van der Waals surface area contributed by atoms with Gasteiger partial charge >= 0.3 is 6.09 Å². The molecule has 1 fully saturated rings. The smallest absolute Gasteiger partial charge is 0.410 e. The van der Waals surface area contributed by atoms with Gasteiger partial charge in [-0.3, -0.25) is 10.3 Å². The van der Waals surface area contributed by atoms with E-state index in [1.54, 1.807) is 4.52 Å². The van der Waals surface area contributed by atoms with Crippen LogP contribution in [0.5, 0.6) is 0 Å². The Balaban J connectivity index is 1.37. The number of anilines is 2. The number of carbonyl (C=O) groups is 1. The van der Waals surface area contributed by atoms with Crippen molar-refractivity contribution >= 4 is 34.0 Å². The second kappa shape index (κ2) is 9.33. The molecule has 0 unspecified atom stereocenters. The van der Waals surface area contributed by atoms with Crippen LogP contribution in [-0.4, -0.2) is 74.8 Å². The van der Waals surface area contributed by atoms with E-state index in [0.29, 0.717) is 49.5 Å². The number of carboxylic acid groups (broad SMARTS) is 1. The molecule has 4 aromatic heterocycles. The fraction of sp³-hybridized carbons (Fsp3) is 0.292. The summed E-state index contributed by atoms with van der Waals surface area (Å²) in [5.74, 6) is 0.249. The molecule has 6 rings (SSSR count). The Kier molecular flexibility index (Phi) is 5.85. The van der Waals surface area contributed by atoms with Gasteiger partial charge in [0.25, 0.3) is 6.43 Å². The average molecular weight is 509 g/mol. The van der Waals surface area contributed by atoms with E-state index in [9.17, 15) is 13.6 Å². The molecule has 190 valence electrons. The molecule has 6 heterocycles. The largest absolute Gasteiger partial charge is 0.465 e. The first-order chi connectivity index (χ1) is 18.0. The summed E-state index contributed by atoms with van der Waals surface area (Å²) in [6.07, 6.45) is 2.17. The van der Waals surface area contributed by atoms with Crippen LogP contribution in [0.4, 0.5) is 25.1 Å². The van der Waals surface area contributed by atoms with Crippen molar-refractivity contribution in [3.05, 3.63) is 54.1 Å². The number of aromatic nitrogens is 5. The Bertz CT molecular complexity index is 1540. The number of morpholine rings is 1. The van der Waals surface area contributed by atoms with E-state index >= 15 is 0 Å². The maximum Gasteiger partial charge on any atom is 0.410 e. The Morgan fingerprint density at radius 1 is 1.22 bits per heavy atom. The lowest BCUT2D eigenvalue weighted by Crippen LogP contribution is -2.43. The highest BCUT2D eigenvalue weighted by molar-refractivity contribution is 5.98. The lowest BCUT2D eigenvalue weighted by Gasteiger charge is -2.34. The predicted octanol–water partition coefficient (Wildman–Crippen LogP) is 3.53. The van der Waals surface area contributed by atoms with E-state index < -0.39 is 18.2 Å². The molecular formula is C24H21F2N7O4. The molecule has 2 N–H and O–H groups in total. The fourth-order valence-electron chi connectivity index (χ4n) is 4.59. The number of ether oxygens (including phenoxy) is 2. The van der Waals surface area contributed by atoms with Crippen molar-refractivity contribution in [2.75, 3.05) is 43.1 Å². The molecule has 0 aromatic carbocycles. The number of nitrogens with zero attached hydrogens (tertiary/aromatic N) is 6. The van der Waals surface area contributed by atoms with E-state index in [-0.39, 0.29) is 23.1 Å². The van der Waals surface area contributed by atoms with Crippen LogP contribution in [0.25, 0.3) is 27.8 Å². The lowest BCUT2D eigenvalue weighted by atomic mass is 10.1. The average Bonchev–Trinajstić information content (AvgIpc) is 3.57. The van der Waals surface area contributed by atoms with Gasteiger partial charge in [0.1, 0.15) is 11.5 Å². The summed E-state index contributed by atoms with van der Waals surface area (Å²) < 4.78 is 40.2. The highest BCUT2D eigenvalue weighted by Gasteiger charge is 2.26. The zero-order chi connectivity index (χ0) is 25.5. The van der Waals surface area contributed by atoms with Crippen molar-refractivity contribution < 1.29 is 28.2 Å².